The average Bonchev–Trinajstić information content (AvgIpc) is 2.74. The van der Waals surface area contributed by atoms with Crippen molar-refractivity contribution >= 4 is 23.2 Å². The van der Waals surface area contributed by atoms with Gasteiger partial charge in [0.1, 0.15) is 12.4 Å². The molecule has 6 heteroatoms. The van der Waals surface area contributed by atoms with E-state index in [0.29, 0.717) is 11.3 Å². The molecule has 0 aliphatic heterocycles. The first kappa shape index (κ1) is 18.8. The van der Waals surface area contributed by atoms with Crippen LogP contribution < -0.4 is 15.4 Å². The van der Waals surface area contributed by atoms with Gasteiger partial charge in [-0.1, -0.05) is 12.1 Å². The summed E-state index contributed by atoms with van der Waals surface area (Å²) < 4.78 is 10.3. The van der Waals surface area contributed by atoms with Crippen molar-refractivity contribution < 1.29 is 14.3 Å². The van der Waals surface area contributed by atoms with E-state index in [1.807, 2.05) is 36.4 Å². The zero-order valence-corrected chi connectivity index (χ0v) is 15.3. The third-order valence-electron chi connectivity index (χ3n) is 3.94. The van der Waals surface area contributed by atoms with E-state index in [4.69, 9.17) is 14.7 Å². The first-order chi connectivity index (χ1) is 13.7. The normalized spacial score (nSPS) is 9.86. The van der Waals surface area contributed by atoms with Gasteiger partial charge in [-0.25, -0.2) is 4.79 Å². The minimum atomic E-state index is -0.557. The molecule has 0 unspecified atom stereocenters. The minimum absolute atomic E-state index is 0.0957. The van der Waals surface area contributed by atoms with E-state index in [9.17, 15) is 4.79 Å². The molecule has 3 rings (SSSR count). The predicted molar refractivity (Wildman–Crippen MR) is 108 cm³/mol. The lowest BCUT2D eigenvalue weighted by Gasteiger charge is -2.10. The largest absolute Gasteiger partial charge is 0.497 e. The van der Waals surface area contributed by atoms with Crippen molar-refractivity contribution in [2.24, 2.45) is 0 Å². The number of methoxy groups -OCH3 is 1. The summed E-state index contributed by atoms with van der Waals surface area (Å²) in [7, 11) is 1.63. The predicted octanol–water partition coefficient (Wildman–Crippen LogP) is 5.06. The van der Waals surface area contributed by atoms with Crippen molar-refractivity contribution in [1.29, 1.82) is 5.26 Å². The van der Waals surface area contributed by atoms with Crippen LogP contribution in [0.4, 0.5) is 21.9 Å². The summed E-state index contributed by atoms with van der Waals surface area (Å²) in [5.74, 6) is 0.794. The van der Waals surface area contributed by atoms with Crippen molar-refractivity contribution in [3.05, 3.63) is 83.9 Å². The summed E-state index contributed by atoms with van der Waals surface area (Å²) in [6.45, 7) is 0.0957. The maximum Gasteiger partial charge on any atom is 0.411 e. The second-order valence-corrected chi connectivity index (χ2v) is 5.94. The maximum atomic E-state index is 12.0. The van der Waals surface area contributed by atoms with Crippen LogP contribution in [0.3, 0.4) is 0 Å². The standard InChI is InChI=1S/C22H19N3O3/c1-27-21-11-9-19(10-12-21)24-18-5-7-20(8-6-18)25-22(26)28-15-17-4-2-3-16(13-17)14-23/h2-13,24H,15H2,1H3,(H,25,26). The van der Waals surface area contributed by atoms with Gasteiger partial charge in [0, 0.05) is 17.1 Å². The summed E-state index contributed by atoms with van der Waals surface area (Å²) in [6.07, 6.45) is -0.557. The third kappa shape index (κ3) is 5.26. The molecule has 6 nitrogen and oxygen atoms in total. The average molecular weight is 373 g/mol. The van der Waals surface area contributed by atoms with E-state index >= 15 is 0 Å². The van der Waals surface area contributed by atoms with Gasteiger partial charge in [-0.3, -0.25) is 5.32 Å². The number of amides is 1. The van der Waals surface area contributed by atoms with Gasteiger partial charge in [0.25, 0.3) is 0 Å². The molecule has 2 N–H and O–H groups in total. The van der Waals surface area contributed by atoms with E-state index in [2.05, 4.69) is 16.7 Å². The molecule has 0 aliphatic carbocycles. The van der Waals surface area contributed by atoms with E-state index in [1.165, 1.54) is 0 Å². The Morgan fingerprint density at radius 2 is 1.61 bits per heavy atom. The number of benzene rings is 3. The second-order valence-electron chi connectivity index (χ2n) is 5.94. The van der Waals surface area contributed by atoms with Crippen LogP contribution in [0.2, 0.25) is 0 Å². The van der Waals surface area contributed by atoms with Crippen LogP contribution in [0.5, 0.6) is 5.75 Å². The van der Waals surface area contributed by atoms with Crippen LogP contribution >= 0.6 is 0 Å². The first-order valence-corrected chi connectivity index (χ1v) is 8.60. The number of hydrogen-bond donors (Lipinski definition) is 2. The fourth-order valence-corrected chi connectivity index (χ4v) is 2.51. The van der Waals surface area contributed by atoms with Gasteiger partial charge in [0.2, 0.25) is 0 Å². The van der Waals surface area contributed by atoms with Crippen LogP contribution in [0.1, 0.15) is 11.1 Å². The molecule has 0 aromatic heterocycles. The maximum absolute atomic E-state index is 12.0. The molecule has 0 fully saturated rings. The lowest BCUT2D eigenvalue weighted by Crippen LogP contribution is -2.13. The van der Waals surface area contributed by atoms with Crippen LogP contribution in [-0.2, 0) is 11.3 Å². The summed E-state index contributed by atoms with van der Waals surface area (Å²) in [4.78, 5) is 12.0. The Labute approximate surface area is 163 Å². The molecule has 0 saturated heterocycles. The van der Waals surface area contributed by atoms with Crippen molar-refractivity contribution in [1.82, 2.24) is 0 Å². The van der Waals surface area contributed by atoms with Crippen molar-refractivity contribution in [3.8, 4) is 11.8 Å². The number of hydrogen-bond acceptors (Lipinski definition) is 5. The SMILES string of the molecule is COc1ccc(Nc2ccc(NC(=O)OCc3cccc(C#N)c3)cc2)cc1. The Morgan fingerprint density at radius 1 is 0.964 bits per heavy atom. The van der Waals surface area contributed by atoms with Gasteiger partial charge in [0.05, 0.1) is 18.7 Å². The fourth-order valence-electron chi connectivity index (χ4n) is 2.51. The highest BCUT2D eigenvalue weighted by Crippen LogP contribution is 2.21. The minimum Gasteiger partial charge on any atom is -0.497 e. The molecule has 0 saturated carbocycles. The number of nitriles is 1. The molecular weight excluding hydrogens is 354 g/mol. The molecule has 3 aromatic carbocycles. The highest BCUT2D eigenvalue weighted by Gasteiger charge is 2.05. The van der Waals surface area contributed by atoms with Crippen LogP contribution in [0.15, 0.2) is 72.8 Å². The van der Waals surface area contributed by atoms with Gasteiger partial charge in [-0.15, -0.1) is 0 Å². The highest BCUT2D eigenvalue weighted by molar-refractivity contribution is 5.85. The molecule has 0 aliphatic rings. The fraction of sp³-hybridized carbons (Fsp3) is 0.0909. The summed E-state index contributed by atoms with van der Waals surface area (Å²) in [5, 5.41) is 14.8. The van der Waals surface area contributed by atoms with Gasteiger partial charge in [-0.2, -0.15) is 5.26 Å². The van der Waals surface area contributed by atoms with E-state index in [0.717, 1.165) is 22.7 Å². The number of carbonyl (C=O) groups excluding carboxylic acids is 1. The molecule has 0 atom stereocenters. The molecule has 0 heterocycles. The molecular formula is C22H19N3O3. The smallest absolute Gasteiger partial charge is 0.411 e. The van der Waals surface area contributed by atoms with Crippen LogP contribution in [0, 0.1) is 11.3 Å². The van der Waals surface area contributed by atoms with E-state index in [-0.39, 0.29) is 6.61 Å². The Morgan fingerprint density at radius 3 is 2.25 bits per heavy atom. The monoisotopic (exact) mass is 373 g/mol. The second kappa shape index (κ2) is 9.10. The Bertz CT molecular complexity index is 977. The number of rotatable bonds is 6. The van der Waals surface area contributed by atoms with Crippen LogP contribution in [-0.4, -0.2) is 13.2 Å². The molecule has 0 radical (unpaired) electrons. The third-order valence-corrected chi connectivity index (χ3v) is 3.94. The van der Waals surface area contributed by atoms with Gasteiger partial charge in [-0.05, 0) is 66.2 Å². The summed E-state index contributed by atoms with van der Waals surface area (Å²) in [5.41, 5.74) is 3.73. The topological polar surface area (TPSA) is 83.4 Å². The molecule has 0 spiro atoms. The number of nitrogens with zero attached hydrogens (tertiary/aromatic N) is 1. The van der Waals surface area contributed by atoms with Crippen LogP contribution in [0.25, 0.3) is 0 Å². The molecule has 140 valence electrons. The van der Waals surface area contributed by atoms with Crippen molar-refractivity contribution in [2.75, 3.05) is 17.7 Å². The lowest BCUT2D eigenvalue weighted by molar-refractivity contribution is 0.155. The number of ether oxygens (including phenoxy) is 2. The Hall–Kier alpha value is -3.98. The first-order valence-electron chi connectivity index (χ1n) is 8.60. The highest BCUT2D eigenvalue weighted by atomic mass is 16.5. The number of carbonyl (C=O) groups is 1. The molecule has 3 aromatic rings. The number of anilines is 3. The Kier molecular flexibility index (Phi) is 6.11. The Balaban J connectivity index is 1.51. The lowest BCUT2D eigenvalue weighted by atomic mass is 10.1. The van der Waals surface area contributed by atoms with Gasteiger partial charge < -0.3 is 14.8 Å². The number of nitrogens with one attached hydrogen (secondary N) is 2. The van der Waals surface area contributed by atoms with Crippen molar-refractivity contribution in [2.45, 2.75) is 6.61 Å². The van der Waals surface area contributed by atoms with Crippen molar-refractivity contribution in [3.63, 3.8) is 0 Å². The molecule has 0 bridgehead atoms. The van der Waals surface area contributed by atoms with E-state index < -0.39 is 6.09 Å². The zero-order valence-electron chi connectivity index (χ0n) is 15.3. The van der Waals surface area contributed by atoms with Gasteiger partial charge >= 0.3 is 6.09 Å². The molecule has 28 heavy (non-hydrogen) atoms. The quantitative estimate of drug-likeness (QED) is 0.631. The van der Waals surface area contributed by atoms with E-state index in [1.54, 1.807) is 43.5 Å². The summed E-state index contributed by atoms with van der Waals surface area (Å²) in [6, 6.07) is 23.9. The summed E-state index contributed by atoms with van der Waals surface area (Å²) >= 11 is 0. The molecule has 1 amide bonds. The zero-order chi connectivity index (χ0) is 19.8. The van der Waals surface area contributed by atoms with Gasteiger partial charge in [0.15, 0.2) is 0 Å².